The number of anilines is 1. The van der Waals surface area contributed by atoms with E-state index in [2.05, 4.69) is 10.3 Å². The number of carboxylic acids is 1. The van der Waals surface area contributed by atoms with E-state index in [0.717, 1.165) is 17.2 Å². The maximum Gasteiger partial charge on any atom is 0.325 e. The number of aromatic amines is 1. The second kappa shape index (κ2) is 7.29. The van der Waals surface area contributed by atoms with Gasteiger partial charge in [0.1, 0.15) is 6.04 Å². The molecule has 146 valence electrons. The molecule has 1 saturated heterocycles. The minimum absolute atomic E-state index is 0.187. The summed E-state index contributed by atoms with van der Waals surface area (Å²) in [7, 11) is -3.28. The van der Waals surface area contributed by atoms with E-state index in [9.17, 15) is 23.1 Å². The highest BCUT2D eigenvalue weighted by Gasteiger charge is 2.33. The fourth-order valence-electron chi connectivity index (χ4n) is 3.44. The van der Waals surface area contributed by atoms with Crippen molar-refractivity contribution in [1.82, 2.24) is 14.2 Å². The highest BCUT2D eigenvalue weighted by atomic mass is 32.2. The Hall–Kier alpha value is -2.43. The Bertz CT molecular complexity index is 976. The summed E-state index contributed by atoms with van der Waals surface area (Å²) in [6.45, 7) is 2.61. The second-order valence-electron chi connectivity index (χ2n) is 6.62. The fraction of sp³-hybridized carbons (Fsp3) is 0.412. The largest absolute Gasteiger partial charge is 0.480 e. The Labute approximate surface area is 157 Å². The third-order valence-electron chi connectivity index (χ3n) is 4.67. The van der Waals surface area contributed by atoms with Gasteiger partial charge in [0, 0.05) is 61.5 Å². The van der Waals surface area contributed by atoms with Crippen molar-refractivity contribution in [2.24, 2.45) is 0 Å². The molecule has 27 heavy (non-hydrogen) atoms. The summed E-state index contributed by atoms with van der Waals surface area (Å²) < 4.78 is 24.7. The third-order valence-corrected chi connectivity index (χ3v) is 5.97. The summed E-state index contributed by atoms with van der Waals surface area (Å²) in [5, 5.41) is 13.3. The summed E-state index contributed by atoms with van der Waals surface area (Å²) in [5.41, 5.74) is 1.95. The average molecular weight is 394 g/mol. The number of nitrogens with zero attached hydrogens (tertiary/aromatic N) is 2. The highest BCUT2D eigenvalue weighted by molar-refractivity contribution is 7.88. The molecule has 10 heteroatoms. The standard InChI is InChI=1S/C17H22N4O5S/c1-11(22)19-12-3-4-13-14(10-18-15(13)9-12)16(17(23)24)20-5-7-21(8-6-20)27(2,25)26/h3-4,9-10,16,18H,5-8H2,1-2H3,(H,19,22)(H,23,24)/t16-/m1/s1. The number of sulfonamides is 1. The SMILES string of the molecule is CC(=O)Nc1ccc2c([C@H](C(=O)O)N3CCN(S(C)(=O)=O)CC3)c[nH]c2c1. The van der Waals surface area contributed by atoms with Crippen molar-refractivity contribution in [3.8, 4) is 0 Å². The van der Waals surface area contributed by atoms with E-state index in [-0.39, 0.29) is 19.0 Å². The first-order chi connectivity index (χ1) is 12.7. The molecular formula is C17H22N4O5S. The van der Waals surface area contributed by atoms with E-state index in [4.69, 9.17) is 0 Å². The number of benzene rings is 1. The van der Waals surface area contributed by atoms with Crippen LogP contribution in [0, 0.1) is 0 Å². The Morgan fingerprint density at radius 3 is 2.44 bits per heavy atom. The van der Waals surface area contributed by atoms with Crippen molar-refractivity contribution in [3.63, 3.8) is 0 Å². The summed E-state index contributed by atoms with van der Waals surface area (Å²) in [6, 6.07) is 4.37. The maximum atomic E-state index is 12.0. The first-order valence-corrected chi connectivity index (χ1v) is 10.3. The quantitative estimate of drug-likeness (QED) is 0.690. The van der Waals surface area contributed by atoms with Crippen molar-refractivity contribution in [2.45, 2.75) is 13.0 Å². The zero-order valence-electron chi connectivity index (χ0n) is 15.1. The van der Waals surface area contributed by atoms with E-state index >= 15 is 0 Å². The predicted octanol–water partition coefficient (Wildman–Crippen LogP) is 0.829. The molecule has 0 unspecified atom stereocenters. The number of fused-ring (bicyclic) bond motifs is 1. The van der Waals surface area contributed by atoms with Crippen LogP contribution < -0.4 is 5.32 Å². The summed E-state index contributed by atoms with van der Waals surface area (Å²) in [4.78, 5) is 28.0. The van der Waals surface area contributed by atoms with Crippen LogP contribution in [0.4, 0.5) is 5.69 Å². The second-order valence-corrected chi connectivity index (χ2v) is 8.61. The zero-order chi connectivity index (χ0) is 19.8. The van der Waals surface area contributed by atoms with Crippen molar-refractivity contribution < 1.29 is 23.1 Å². The Morgan fingerprint density at radius 2 is 1.89 bits per heavy atom. The lowest BCUT2D eigenvalue weighted by molar-refractivity contribution is -0.144. The summed E-state index contributed by atoms with van der Waals surface area (Å²) >= 11 is 0. The van der Waals surface area contributed by atoms with Crippen LogP contribution in [0.25, 0.3) is 10.9 Å². The molecule has 3 rings (SSSR count). The number of hydrogen-bond acceptors (Lipinski definition) is 5. The number of aliphatic carboxylic acids is 1. The van der Waals surface area contributed by atoms with Crippen LogP contribution in [0.2, 0.25) is 0 Å². The normalized spacial score (nSPS) is 17.7. The number of carboxylic acid groups (broad SMARTS) is 1. The molecule has 0 aliphatic carbocycles. The molecule has 1 aromatic heterocycles. The van der Waals surface area contributed by atoms with E-state index < -0.39 is 22.0 Å². The average Bonchev–Trinajstić information content (AvgIpc) is 2.97. The predicted molar refractivity (Wildman–Crippen MR) is 101 cm³/mol. The molecule has 1 aliphatic heterocycles. The van der Waals surface area contributed by atoms with E-state index in [1.165, 1.54) is 11.2 Å². The molecule has 9 nitrogen and oxygen atoms in total. The Kier molecular flexibility index (Phi) is 5.22. The highest BCUT2D eigenvalue weighted by Crippen LogP contribution is 2.31. The Morgan fingerprint density at radius 1 is 1.22 bits per heavy atom. The van der Waals surface area contributed by atoms with Crippen molar-refractivity contribution in [1.29, 1.82) is 0 Å². The van der Waals surface area contributed by atoms with Crippen LogP contribution in [0.3, 0.4) is 0 Å². The molecule has 0 bridgehead atoms. The number of piperazine rings is 1. The molecular weight excluding hydrogens is 372 g/mol. The van der Waals surface area contributed by atoms with Crippen LogP contribution in [-0.4, -0.2) is 72.0 Å². The van der Waals surface area contributed by atoms with Gasteiger partial charge in [0.05, 0.1) is 6.26 Å². The van der Waals surface area contributed by atoms with Crippen LogP contribution >= 0.6 is 0 Å². The number of carbonyl (C=O) groups excluding carboxylic acids is 1. The summed E-state index contributed by atoms with van der Waals surface area (Å²) in [5.74, 6) is -1.18. The smallest absolute Gasteiger partial charge is 0.325 e. The number of H-pyrrole nitrogens is 1. The van der Waals surface area contributed by atoms with Crippen molar-refractivity contribution >= 4 is 38.5 Å². The molecule has 1 atom stereocenters. The molecule has 0 radical (unpaired) electrons. The molecule has 1 fully saturated rings. The number of carbonyl (C=O) groups is 2. The van der Waals surface area contributed by atoms with Crippen LogP contribution in [0.5, 0.6) is 0 Å². The maximum absolute atomic E-state index is 12.0. The number of rotatable bonds is 5. The minimum atomic E-state index is -3.28. The van der Waals surface area contributed by atoms with Gasteiger partial charge in [0.2, 0.25) is 15.9 Å². The molecule has 1 aromatic carbocycles. The molecule has 1 amide bonds. The molecule has 0 saturated carbocycles. The molecule has 2 heterocycles. The molecule has 2 aromatic rings. The van der Waals surface area contributed by atoms with E-state index in [1.807, 2.05) is 0 Å². The van der Waals surface area contributed by atoms with E-state index in [0.29, 0.717) is 24.3 Å². The number of amides is 1. The van der Waals surface area contributed by atoms with E-state index in [1.54, 1.807) is 29.3 Å². The van der Waals surface area contributed by atoms with Gasteiger partial charge in [-0.05, 0) is 12.1 Å². The lowest BCUT2D eigenvalue weighted by Gasteiger charge is -2.36. The topological polar surface area (TPSA) is 123 Å². The minimum Gasteiger partial charge on any atom is -0.480 e. The van der Waals surface area contributed by atoms with Crippen LogP contribution in [0.1, 0.15) is 18.5 Å². The zero-order valence-corrected chi connectivity index (χ0v) is 15.9. The first-order valence-electron chi connectivity index (χ1n) is 8.47. The lowest BCUT2D eigenvalue weighted by atomic mass is 10.0. The van der Waals surface area contributed by atoms with Gasteiger partial charge in [-0.1, -0.05) is 6.07 Å². The van der Waals surface area contributed by atoms with Gasteiger partial charge in [-0.15, -0.1) is 0 Å². The van der Waals surface area contributed by atoms with Crippen LogP contribution in [0.15, 0.2) is 24.4 Å². The Balaban J connectivity index is 1.88. The lowest BCUT2D eigenvalue weighted by Crippen LogP contribution is -2.50. The molecule has 3 N–H and O–H groups in total. The van der Waals surface area contributed by atoms with Crippen LogP contribution in [-0.2, 0) is 19.6 Å². The van der Waals surface area contributed by atoms with Gasteiger partial charge in [0.15, 0.2) is 0 Å². The summed E-state index contributed by atoms with van der Waals surface area (Å²) in [6.07, 6.45) is 2.81. The van der Waals surface area contributed by atoms with Gasteiger partial charge in [-0.2, -0.15) is 4.31 Å². The van der Waals surface area contributed by atoms with Gasteiger partial charge >= 0.3 is 5.97 Å². The van der Waals surface area contributed by atoms with Crippen molar-refractivity contribution in [3.05, 3.63) is 30.0 Å². The van der Waals surface area contributed by atoms with Gasteiger partial charge < -0.3 is 15.4 Å². The fourth-order valence-corrected chi connectivity index (χ4v) is 4.26. The van der Waals surface area contributed by atoms with Crippen molar-refractivity contribution in [2.75, 3.05) is 37.8 Å². The van der Waals surface area contributed by atoms with Gasteiger partial charge in [-0.25, -0.2) is 8.42 Å². The number of hydrogen-bond donors (Lipinski definition) is 3. The number of nitrogens with one attached hydrogen (secondary N) is 2. The van der Waals surface area contributed by atoms with Gasteiger partial charge in [-0.3, -0.25) is 14.5 Å². The third kappa shape index (κ3) is 4.12. The molecule has 1 aliphatic rings. The first kappa shape index (κ1) is 19.3. The molecule has 0 spiro atoms. The van der Waals surface area contributed by atoms with Gasteiger partial charge in [0.25, 0.3) is 0 Å². The monoisotopic (exact) mass is 394 g/mol. The number of aromatic nitrogens is 1.